The number of nitrogens with zero attached hydrogens (tertiary/aromatic N) is 1. The summed E-state index contributed by atoms with van der Waals surface area (Å²) in [7, 11) is 0. The van der Waals surface area contributed by atoms with Crippen LogP contribution in [-0.4, -0.2) is 29.9 Å². The van der Waals surface area contributed by atoms with Crippen molar-refractivity contribution in [3.8, 4) is 0 Å². The van der Waals surface area contributed by atoms with Crippen LogP contribution in [0.2, 0.25) is 10.0 Å². The van der Waals surface area contributed by atoms with E-state index in [1.165, 1.54) is 0 Å². The van der Waals surface area contributed by atoms with Crippen molar-refractivity contribution in [1.29, 1.82) is 0 Å². The predicted octanol–water partition coefficient (Wildman–Crippen LogP) is 3.51. The molecular formula is C16H22Cl2N2O. The summed E-state index contributed by atoms with van der Waals surface area (Å²) in [6, 6.07) is 5.63. The van der Waals surface area contributed by atoms with Gasteiger partial charge in [0.05, 0.1) is 0 Å². The Bertz CT molecular complexity index is 497. The van der Waals surface area contributed by atoms with E-state index in [1.807, 2.05) is 17.9 Å². The fourth-order valence-corrected chi connectivity index (χ4v) is 3.30. The fourth-order valence-electron chi connectivity index (χ4n) is 2.80. The smallest absolute Gasteiger partial charge is 0.222 e. The summed E-state index contributed by atoms with van der Waals surface area (Å²) in [5.74, 6) is 0.740. The Morgan fingerprint density at radius 1 is 1.38 bits per heavy atom. The second-order valence-electron chi connectivity index (χ2n) is 5.81. The molecule has 0 aromatic heterocycles. The maximum atomic E-state index is 12.3. The van der Waals surface area contributed by atoms with E-state index < -0.39 is 0 Å². The monoisotopic (exact) mass is 328 g/mol. The summed E-state index contributed by atoms with van der Waals surface area (Å²) in [6.07, 6.45) is 3.16. The number of hydrogen-bond donors (Lipinski definition) is 1. The topological polar surface area (TPSA) is 46.3 Å². The van der Waals surface area contributed by atoms with Crippen LogP contribution in [0.4, 0.5) is 0 Å². The third-order valence-corrected chi connectivity index (χ3v) is 4.85. The predicted molar refractivity (Wildman–Crippen MR) is 87.7 cm³/mol. The molecule has 0 aliphatic carbocycles. The van der Waals surface area contributed by atoms with Gasteiger partial charge in [0.2, 0.25) is 5.91 Å². The van der Waals surface area contributed by atoms with Crippen LogP contribution in [0.25, 0.3) is 0 Å². The van der Waals surface area contributed by atoms with Crippen LogP contribution in [0, 0.1) is 5.92 Å². The second kappa shape index (κ2) is 7.48. The third-order valence-electron chi connectivity index (χ3n) is 4.26. The normalized spacial score (nSPS) is 17.8. The van der Waals surface area contributed by atoms with E-state index in [0.717, 1.165) is 31.5 Å². The molecule has 1 amide bonds. The van der Waals surface area contributed by atoms with Gasteiger partial charge in [-0.2, -0.15) is 0 Å². The summed E-state index contributed by atoms with van der Waals surface area (Å²) < 4.78 is 0. The minimum absolute atomic E-state index is 0.198. The zero-order chi connectivity index (χ0) is 15.4. The maximum Gasteiger partial charge on any atom is 0.222 e. The van der Waals surface area contributed by atoms with Crippen molar-refractivity contribution >= 4 is 29.1 Å². The van der Waals surface area contributed by atoms with Crippen LogP contribution in [0.15, 0.2) is 18.2 Å². The van der Waals surface area contributed by atoms with E-state index in [0.29, 0.717) is 28.8 Å². The molecule has 0 radical (unpaired) electrons. The highest BCUT2D eigenvalue weighted by molar-refractivity contribution is 6.35. The summed E-state index contributed by atoms with van der Waals surface area (Å²) in [5, 5.41) is 1.25. The first-order chi connectivity index (χ1) is 9.97. The van der Waals surface area contributed by atoms with Gasteiger partial charge in [-0.25, -0.2) is 0 Å². The molecule has 1 atom stereocenters. The quantitative estimate of drug-likeness (QED) is 0.919. The Labute approximate surface area is 136 Å². The van der Waals surface area contributed by atoms with E-state index in [-0.39, 0.29) is 11.9 Å². The molecule has 1 aromatic carbocycles. The lowest BCUT2D eigenvalue weighted by Crippen LogP contribution is -2.42. The molecule has 1 unspecified atom stereocenters. The number of amides is 1. The van der Waals surface area contributed by atoms with Crippen molar-refractivity contribution < 1.29 is 4.79 Å². The zero-order valence-electron chi connectivity index (χ0n) is 12.3. The molecule has 21 heavy (non-hydrogen) atoms. The first kappa shape index (κ1) is 16.6. The van der Waals surface area contributed by atoms with E-state index in [2.05, 4.69) is 0 Å². The van der Waals surface area contributed by atoms with Gasteiger partial charge in [-0.15, -0.1) is 0 Å². The largest absolute Gasteiger partial charge is 0.343 e. The molecule has 5 heteroatoms. The molecule has 0 saturated carbocycles. The number of benzene rings is 1. The van der Waals surface area contributed by atoms with E-state index in [4.69, 9.17) is 28.9 Å². The van der Waals surface area contributed by atoms with E-state index in [9.17, 15) is 4.79 Å². The highest BCUT2D eigenvalue weighted by Gasteiger charge is 2.24. The van der Waals surface area contributed by atoms with Crippen LogP contribution >= 0.6 is 23.2 Å². The number of halogens is 2. The van der Waals surface area contributed by atoms with Gasteiger partial charge >= 0.3 is 0 Å². The highest BCUT2D eigenvalue weighted by Crippen LogP contribution is 2.23. The van der Waals surface area contributed by atoms with Crippen LogP contribution in [0.1, 0.15) is 31.7 Å². The van der Waals surface area contributed by atoms with Gasteiger partial charge in [0.15, 0.2) is 0 Å². The second-order valence-corrected chi connectivity index (χ2v) is 6.66. The van der Waals surface area contributed by atoms with Gasteiger partial charge in [-0.3, -0.25) is 4.79 Å². The fraction of sp³-hybridized carbons (Fsp3) is 0.562. The standard InChI is InChI=1S/C16H22Cl2N2O/c1-11(19)12-6-8-20(9-7-12)16(21)5-3-13-2-4-14(17)10-15(13)18/h2,4,10-12H,3,5-9,19H2,1H3. The molecule has 0 bridgehead atoms. The molecule has 2 N–H and O–H groups in total. The maximum absolute atomic E-state index is 12.3. The molecule has 3 nitrogen and oxygen atoms in total. The average molecular weight is 329 g/mol. The molecule has 1 heterocycles. The van der Waals surface area contributed by atoms with Crippen molar-refractivity contribution in [2.45, 2.75) is 38.6 Å². The Morgan fingerprint density at radius 3 is 2.62 bits per heavy atom. The van der Waals surface area contributed by atoms with Gasteiger partial charge in [0.1, 0.15) is 0 Å². The highest BCUT2D eigenvalue weighted by atomic mass is 35.5. The molecular weight excluding hydrogens is 307 g/mol. The lowest BCUT2D eigenvalue weighted by atomic mass is 9.91. The summed E-state index contributed by atoms with van der Waals surface area (Å²) >= 11 is 12.0. The Balaban J connectivity index is 1.82. The summed E-state index contributed by atoms with van der Waals surface area (Å²) in [5.41, 5.74) is 6.90. The Hall–Kier alpha value is -0.770. The van der Waals surface area contributed by atoms with Crippen LogP contribution in [-0.2, 0) is 11.2 Å². The van der Waals surface area contributed by atoms with Gasteiger partial charge < -0.3 is 10.6 Å². The average Bonchev–Trinajstić information content (AvgIpc) is 2.46. The van der Waals surface area contributed by atoms with Gasteiger partial charge in [0, 0.05) is 35.6 Å². The van der Waals surface area contributed by atoms with Gasteiger partial charge in [-0.1, -0.05) is 29.3 Å². The molecule has 2 rings (SSSR count). The minimum Gasteiger partial charge on any atom is -0.343 e. The van der Waals surface area contributed by atoms with Crippen molar-refractivity contribution in [3.63, 3.8) is 0 Å². The van der Waals surface area contributed by atoms with Gasteiger partial charge in [-0.05, 0) is 49.8 Å². The Morgan fingerprint density at radius 2 is 2.05 bits per heavy atom. The van der Waals surface area contributed by atoms with Crippen LogP contribution < -0.4 is 5.73 Å². The third kappa shape index (κ3) is 4.60. The molecule has 1 aliphatic heterocycles. The molecule has 1 aliphatic rings. The SMILES string of the molecule is CC(N)C1CCN(C(=O)CCc2ccc(Cl)cc2Cl)CC1. The van der Waals surface area contributed by atoms with Crippen molar-refractivity contribution in [2.24, 2.45) is 11.7 Å². The van der Waals surface area contributed by atoms with Crippen molar-refractivity contribution in [2.75, 3.05) is 13.1 Å². The van der Waals surface area contributed by atoms with Crippen molar-refractivity contribution in [1.82, 2.24) is 4.90 Å². The number of hydrogen-bond acceptors (Lipinski definition) is 2. The zero-order valence-corrected chi connectivity index (χ0v) is 13.8. The number of carbonyl (C=O) groups excluding carboxylic acids is 1. The molecule has 0 spiro atoms. The van der Waals surface area contributed by atoms with Crippen molar-refractivity contribution in [3.05, 3.63) is 33.8 Å². The van der Waals surface area contributed by atoms with Crippen LogP contribution in [0.5, 0.6) is 0 Å². The first-order valence-electron chi connectivity index (χ1n) is 7.44. The summed E-state index contributed by atoms with van der Waals surface area (Å²) in [6.45, 7) is 3.68. The number of aryl methyl sites for hydroxylation is 1. The first-order valence-corrected chi connectivity index (χ1v) is 8.20. The lowest BCUT2D eigenvalue weighted by Gasteiger charge is -2.33. The summed E-state index contributed by atoms with van der Waals surface area (Å²) in [4.78, 5) is 14.2. The van der Waals surface area contributed by atoms with Gasteiger partial charge in [0.25, 0.3) is 0 Å². The molecule has 116 valence electrons. The number of carbonyl (C=O) groups is 1. The number of likely N-dealkylation sites (tertiary alicyclic amines) is 1. The minimum atomic E-state index is 0.198. The lowest BCUT2D eigenvalue weighted by molar-refractivity contribution is -0.132. The Kier molecular flexibility index (Phi) is 5.91. The number of piperidine rings is 1. The molecule has 1 fully saturated rings. The van der Waals surface area contributed by atoms with Crippen LogP contribution in [0.3, 0.4) is 0 Å². The number of nitrogens with two attached hydrogens (primary N) is 1. The number of rotatable bonds is 4. The molecule has 1 aromatic rings. The van der Waals surface area contributed by atoms with E-state index >= 15 is 0 Å². The molecule has 1 saturated heterocycles. The van der Waals surface area contributed by atoms with E-state index in [1.54, 1.807) is 12.1 Å².